The Kier molecular flexibility index (Phi) is 12.5. The number of hydrogen-bond acceptors (Lipinski definition) is 12. The summed E-state index contributed by atoms with van der Waals surface area (Å²) in [6, 6.07) is 10.9. The molecule has 0 aliphatic heterocycles. The molecule has 0 aliphatic rings. The van der Waals surface area contributed by atoms with Gasteiger partial charge in [-0.05, 0) is 91.8 Å². The Morgan fingerprint density at radius 3 is 2.07 bits per heavy atom. The van der Waals surface area contributed by atoms with E-state index < -0.39 is 37.2 Å². The fourth-order valence-corrected chi connectivity index (χ4v) is 5.37. The molecule has 0 bridgehead atoms. The monoisotopic (exact) mass is 676 g/mol. The summed E-state index contributed by atoms with van der Waals surface area (Å²) in [5, 5.41) is 5.09. The standard InChI is InChI=1S/C32H41N2O10PS/c1-21(2)43-24-17-22(27(35)34-30-33-13-16-46-30)18-25(19-24)44-23-9-11-26(12-10-23)45(38,42-20-40-29(37)32(6,7)8)41-15-14-39-28(36)31(3,4)5/h9-13,16-19,21H,14-15,20H2,1-8H3,(H,33,34,35). The van der Waals surface area contributed by atoms with Gasteiger partial charge < -0.3 is 23.5 Å². The van der Waals surface area contributed by atoms with Gasteiger partial charge in [0.05, 0.1) is 28.8 Å². The molecule has 3 rings (SSSR count). The maximum Gasteiger partial charge on any atom is 0.364 e. The fourth-order valence-electron chi connectivity index (χ4n) is 3.45. The lowest BCUT2D eigenvalue weighted by atomic mass is 9.97. The number of nitrogens with zero attached hydrogens (tertiary/aromatic N) is 1. The normalized spacial score (nSPS) is 13.1. The van der Waals surface area contributed by atoms with Crippen LogP contribution in [0.2, 0.25) is 0 Å². The fraction of sp³-hybridized carbons (Fsp3) is 0.438. The molecule has 1 aromatic heterocycles. The maximum absolute atomic E-state index is 13.9. The lowest BCUT2D eigenvalue weighted by Crippen LogP contribution is -2.25. The van der Waals surface area contributed by atoms with E-state index in [4.69, 9.17) is 28.0 Å². The highest BCUT2D eigenvalue weighted by Crippen LogP contribution is 2.47. The first kappa shape index (κ1) is 36.7. The summed E-state index contributed by atoms with van der Waals surface area (Å²) in [6.45, 7) is 12.9. The zero-order valence-electron chi connectivity index (χ0n) is 27.3. The molecule has 0 saturated heterocycles. The third-order valence-corrected chi connectivity index (χ3v) is 8.36. The van der Waals surface area contributed by atoms with Crippen LogP contribution in [-0.4, -0.2) is 48.9 Å². The molecule has 12 nitrogen and oxygen atoms in total. The molecule has 3 aromatic rings. The molecule has 0 spiro atoms. The molecule has 0 radical (unpaired) electrons. The molecular formula is C32H41N2O10PS. The van der Waals surface area contributed by atoms with Gasteiger partial charge in [-0.15, -0.1) is 11.3 Å². The van der Waals surface area contributed by atoms with Crippen LogP contribution in [0.3, 0.4) is 0 Å². The van der Waals surface area contributed by atoms with Crippen LogP contribution in [0.15, 0.2) is 54.0 Å². The van der Waals surface area contributed by atoms with Gasteiger partial charge in [0.1, 0.15) is 23.9 Å². The number of nitrogens with one attached hydrogen (secondary N) is 1. The quantitative estimate of drug-likeness (QED) is 0.0817. The molecule has 0 saturated carbocycles. The first-order valence-electron chi connectivity index (χ1n) is 14.5. The maximum atomic E-state index is 13.9. The molecule has 1 N–H and O–H groups in total. The summed E-state index contributed by atoms with van der Waals surface area (Å²) in [7, 11) is -4.06. The van der Waals surface area contributed by atoms with E-state index in [-0.39, 0.29) is 30.5 Å². The smallest absolute Gasteiger partial charge is 0.364 e. The second-order valence-corrected chi connectivity index (χ2v) is 15.3. The van der Waals surface area contributed by atoms with Gasteiger partial charge in [-0.25, -0.2) is 4.98 Å². The number of ether oxygens (including phenoxy) is 4. The average molecular weight is 677 g/mol. The molecule has 0 fully saturated rings. The first-order valence-corrected chi connectivity index (χ1v) is 16.9. The van der Waals surface area contributed by atoms with E-state index in [0.717, 1.165) is 0 Å². The highest BCUT2D eigenvalue weighted by molar-refractivity contribution is 7.62. The predicted octanol–water partition coefficient (Wildman–Crippen LogP) is 6.96. The summed E-state index contributed by atoms with van der Waals surface area (Å²) >= 11 is 1.29. The molecule has 1 heterocycles. The first-order chi connectivity index (χ1) is 21.5. The number of carbonyl (C=O) groups excluding carboxylic acids is 3. The van der Waals surface area contributed by atoms with E-state index in [1.165, 1.54) is 23.5 Å². The van der Waals surface area contributed by atoms with Crippen molar-refractivity contribution in [1.29, 1.82) is 0 Å². The van der Waals surface area contributed by atoms with Gasteiger partial charge in [0.15, 0.2) is 5.13 Å². The van der Waals surface area contributed by atoms with Gasteiger partial charge >= 0.3 is 19.5 Å². The highest BCUT2D eigenvalue weighted by Gasteiger charge is 2.31. The third kappa shape index (κ3) is 11.2. The Labute approximate surface area is 273 Å². The summed E-state index contributed by atoms with van der Waals surface area (Å²) in [5.74, 6) is -0.289. The lowest BCUT2D eigenvalue weighted by molar-refractivity contribution is -0.160. The van der Waals surface area contributed by atoms with Crippen LogP contribution in [0.4, 0.5) is 5.13 Å². The van der Waals surface area contributed by atoms with Crippen molar-refractivity contribution in [2.24, 2.45) is 10.8 Å². The van der Waals surface area contributed by atoms with Crippen LogP contribution >= 0.6 is 18.9 Å². The van der Waals surface area contributed by atoms with E-state index in [1.54, 1.807) is 83.5 Å². The van der Waals surface area contributed by atoms with Crippen LogP contribution < -0.4 is 20.1 Å². The van der Waals surface area contributed by atoms with E-state index in [9.17, 15) is 18.9 Å². The van der Waals surface area contributed by atoms with Gasteiger partial charge in [0.2, 0.25) is 6.79 Å². The molecule has 250 valence electrons. The second-order valence-electron chi connectivity index (χ2n) is 12.4. The van der Waals surface area contributed by atoms with Crippen molar-refractivity contribution in [3.63, 3.8) is 0 Å². The Morgan fingerprint density at radius 1 is 0.848 bits per heavy atom. The van der Waals surface area contributed by atoms with Crippen molar-refractivity contribution in [3.05, 3.63) is 59.6 Å². The summed E-state index contributed by atoms with van der Waals surface area (Å²) in [6.07, 6.45) is 1.43. The van der Waals surface area contributed by atoms with E-state index in [0.29, 0.717) is 27.9 Å². The number of thiazole rings is 1. The summed E-state index contributed by atoms with van der Waals surface area (Å²) in [5.41, 5.74) is -1.22. The largest absolute Gasteiger partial charge is 0.491 e. The Bertz CT molecular complexity index is 1530. The van der Waals surface area contributed by atoms with Gasteiger partial charge in [-0.2, -0.15) is 0 Å². The number of esters is 2. The van der Waals surface area contributed by atoms with Crippen molar-refractivity contribution >= 4 is 47.2 Å². The number of amides is 1. The number of hydrogen-bond donors (Lipinski definition) is 1. The summed E-state index contributed by atoms with van der Waals surface area (Å²) in [4.78, 5) is 41.3. The number of benzene rings is 2. The summed E-state index contributed by atoms with van der Waals surface area (Å²) < 4.78 is 47.2. The number of rotatable bonds is 14. The third-order valence-electron chi connectivity index (χ3n) is 5.77. The molecular weight excluding hydrogens is 635 g/mol. The van der Waals surface area contributed by atoms with Gasteiger partial charge in [-0.3, -0.25) is 28.8 Å². The van der Waals surface area contributed by atoms with Crippen LogP contribution in [0.25, 0.3) is 0 Å². The zero-order chi connectivity index (χ0) is 34.1. The highest BCUT2D eigenvalue weighted by atomic mass is 32.1. The second kappa shape index (κ2) is 15.7. The Balaban J connectivity index is 1.79. The van der Waals surface area contributed by atoms with Gasteiger partial charge in [0, 0.05) is 23.2 Å². The van der Waals surface area contributed by atoms with Crippen molar-refractivity contribution in [2.75, 3.05) is 25.3 Å². The molecule has 14 heteroatoms. The number of carbonyl (C=O) groups is 3. The van der Waals surface area contributed by atoms with Gasteiger partial charge in [0.25, 0.3) is 5.91 Å². The lowest BCUT2D eigenvalue weighted by Gasteiger charge is -2.22. The van der Waals surface area contributed by atoms with Crippen molar-refractivity contribution in [3.8, 4) is 17.2 Å². The van der Waals surface area contributed by atoms with E-state index >= 15 is 0 Å². The Morgan fingerprint density at radius 2 is 1.48 bits per heavy atom. The van der Waals surface area contributed by atoms with Crippen LogP contribution in [-0.2, 0) is 32.7 Å². The molecule has 1 unspecified atom stereocenters. The minimum atomic E-state index is -4.06. The molecule has 0 aliphatic carbocycles. The molecule has 2 aromatic carbocycles. The van der Waals surface area contributed by atoms with Crippen LogP contribution in [0.1, 0.15) is 65.7 Å². The number of aromatic nitrogens is 1. The van der Waals surface area contributed by atoms with E-state index in [1.807, 2.05) is 13.8 Å². The molecule has 46 heavy (non-hydrogen) atoms. The minimum Gasteiger partial charge on any atom is -0.491 e. The van der Waals surface area contributed by atoms with Crippen LogP contribution in [0.5, 0.6) is 17.2 Å². The van der Waals surface area contributed by atoms with E-state index in [2.05, 4.69) is 10.3 Å². The zero-order valence-corrected chi connectivity index (χ0v) is 29.0. The average Bonchev–Trinajstić information content (AvgIpc) is 3.47. The minimum absolute atomic E-state index is 0.147. The Hall–Kier alpha value is -3.77. The molecule has 1 atom stereocenters. The van der Waals surface area contributed by atoms with Crippen molar-refractivity contribution in [2.45, 2.75) is 61.5 Å². The predicted molar refractivity (Wildman–Crippen MR) is 174 cm³/mol. The van der Waals surface area contributed by atoms with Gasteiger partial charge in [-0.1, -0.05) is 0 Å². The molecule has 1 amide bonds. The van der Waals surface area contributed by atoms with Crippen molar-refractivity contribution < 1.29 is 46.9 Å². The van der Waals surface area contributed by atoms with Crippen molar-refractivity contribution in [1.82, 2.24) is 4.98 Å². The number of anilines is 1. The topological polar surface area (TPSA) is 149 Å². The SMILES string of the molecule is CC(C)Oc1cc(Oc2ccc(P(=O)(OCCOC(=O)C(C)(C)C)OCOC(=O)C(C)(C)C)cc2)cc(C(=O)Nc2nccs2)c1. The van der Waals surface area contributed by atoms with Crippen LogP contribution in [0, 0.1) is 10.8 Å².